The van der Waals surface area contributed by atoms with Gasteiger partial charge in [0.25, 0.3) is 0 Å². The van der Waals surface area contributed by atoms with Crippen molar-refractivity contribution in [3.05, 3.63) is 29.7 Å². The Hall–Kier alpha value is -1.55. The Morgan fingerprint density at radius 3 is 2.69 bits per heavy atom. The van der Waals surface area contributed by atoms with Crippen molar-refractivity contribution in [3.63, 3.8) is 0 Å². The Labute approximate surface area is 79.3 Å². The second kappa shape index (κ2) is 3.06. The molecule has 2 heterocycles. The molecule has 0 bridgehead atoms. The second-order valence-corrected chi connectivity index (χ2v) is 2.87. The van der Waals surface area contributed by atoms with Crippen LogP contribution in [0.15, 0.2) is 29.0 Å². The Balaban J connectivity index is 2.47. The SMILES string of the molecule is Nc1cnoc1-c1ccc(Cl)nc1. The molecule has 0 atom stereocenters. The minimum atomic E-state index is 0.432. The third-order valence-corrected chi connectivity index (χ3v) is 1.81. The molecule has 66 valence electrons. The van der Waals surface area contributed by atoms with Crippen LogP contribution in [0.4, 0.5) is 5.69 Å². The predicted octanol–water partition coefficient (Wildman–Crippen LogP) is 1.97. The van der Waals surface area contributed by atoms with Gasteiger partial charge in [0.15, 0.2) is 5.76 Å². The summed E-state index contributed by atoms with van der Waals surface area (Å²) in [5.41, 5.74) is 6.85. The van der Waals surface area contributed by atoms with E-state index in [1.165, 1.54) is 6.20 Å². The normalized spacial score (nSPS) is 10.2. The van der Waals surface area contributed by atoms with E-state index in [4.69, 9.17) is 21.9 Å². The number of halogens is 1. The van der Waals surface area contributed by atoms with E-state index in [1.54, 1.807) is 18.3 Å². The molecule has 2 rings (SSSR count). The van der Waals surface area contributed by atoms with Gasteiger partial charge in [-0.05, 0) is 12.1 Å². The van der Waals surface area contributed by atoms with E-state index in [-0.39, 0.29) is 0 Å². The van der Waals surface area contributed by atoms with Gasteiger partial charge in [-0.2, -0.15) is 0 Å². The number of pyridine rings is 1. The van der Waals surface area contributed by atoms with Gasteiger partial charge < -0.3 is 10.3 Å². The fourth-order valence-electron chi connectivity index (χ4n) is 0.977. The van der Waals surface area contributed by atoms with Gasteiger partial charge in [-0.3, -0.25) is 0 Å². The quantitative estimate of drug-likeness (QED) is 0.707. The van der Waals surface area contributed by atoms with Crippen molar-refractivity contribution in [2.75, 3.05) is 5.73 Å². The summed E-state index contributed by atoms with van der Waals surface area (Å²) in [5.74, 6) is 0.518. The van der Waals surface area contributed by atoms with Crippen molar-refractivity contribution >= 4 is 17.3 Å². The first kappa shape index (κ1) is 8.07. The first-order valence-electron chi connectivity index (χ1n) is 3.59. The maximum Gasteiger partial charge on any atom is 0.191 e. The standard InChI is InChI=1S/C8H6ClN3O/c9-7-2-1-5(3-11-7)8-6(10)4-12-13-8/h1-4H,10H2. The summed E-state index contributed by atoms with van der Waals surface area (Å²) < 4.78 is 4.93. The van der Waals surface area contributed by atoms with Gasteiger partial charge >= 0.3 is 0 Å². The van der Waals surface area contributed by atoms with E-state index in [9.17, 15) is 0 Å². The van der Waals surface area contributed by atoms with Crippen LogP contribution in [0, 0.1) is 0 Å². The third kappa shape index (κ3) is 1.48. The van der Waals surface area contributed by atoms with Crippen LogP contribution in [0.2, 0.25) is 5.15 Å². The second-order valence-electron chi connectivity index (χ2n) is 2.48. The van der Waals surface area contributed by atoms with Gasteiger partial charge in [-0.25, -0.2) is 4.98 Å². The zero-order valence-corrected chi connectivity index (χ0v) is 7.32. The van der Waals surface area contributed by atoms with E-state index in [2.05, 4.69) is 10.1 Å². The summed E-state index contributed by atoms with van der Waals surface area (Å²) in [5, 5.41) is 3.99. The molecular weight excluding hydrogens is 190 g/mol. The maximum absolute atomic E-state index is 5.62. The lowest BCUT2D eigenvalue weighted by Crippen LogP contribution is -1.85. The van der Waals surface area contributed by atoms with Crippen molar-refractivity contribution in [1.82, 2.24) is 10.1 Å². The summed E-state index contributed by atoms with van der Waals surface area (Å²) in [6.07, 6.45) is 3.03. The highest BCUT2D eigenvalue weighted by atomic mass is 35.5. The van der Waals surface area contributed by atoms with Gasteiger partial charge in [0.2, 0.25) is 0 Å². The largest absolute Gasteiger partial charge is 0.394 e. The lowest BCUT2D eigenvalue weighted by molar-refractivity contribution is 0.432. The maximum atomic E-state index is 5.62. The Kier molecular flexibility index (Phi) is 1.90. The lowest BCUT2D eigenvalue weighted by atomic mass is 10.2. The Morgan fingerprint density at radius 1 is 1.31 bits per heavy atom. The number of nitrogens with zero attached hydrogens (tertiary/aromatic N) is 2. The number of nitrogen functional groups attached to an aromatic ring is 1. The molecule has 0 saturated carbocycles. The molecule has 5 heteroatoms. The van der Waals surface area contributed by atoms with Gasteiger partial charge in [0, 0.05) is 11.8 Å². The molecule has 2 aromatic heterocycles. The topological polar surface area (TPSA) is 64.9 Å². The number of rotatable bonds is 1. The van der Waals surface area contributed by atoms with Crippen molar-refractivity contribution < 1.29 is 4.52 Å². The predicted molar refractivity (Wildman–Crippen MR) is 49.2 cm³/mol. The van der Waals surface area contributed by atoms with Gasteiger partial charge in [-0.15, -0.1) is 0 Å². The van der Waals surface area contributed by atoms with Crippen molar-refractivity contribution in [3.8, 4) is 11.3 Å². The van der Waals surface area contributed by atoms with Gasteiger partial charge in [0.1, 0.15) is 10.8 Å². The molecule has 0 aliphatic heterocycles. The van der Waals surface area contributed by atoms with Crippen molar-refractivity contribution in [1.29, 1.82) is 0 Å². The summed E-state index contributed by atoms with van der Waals surface area (Å²) in [6, 6.07) is 3.44. The summed E-state index contributed by atoms with van der Waals surface area (Å²) in [6.45, 7) is 0. The molecule has 0 aromatic carbocycles. The molecule has 0 aliphatic rings. The highest BCUT2D eigenvalue weighted by Crippen LogP contribution is 2.24. The van der Waals surface area contributed by atoms with E-state index < -0.39 is 0 Å². The molecule has 0 radical (unpaired) electrons. The van der Waals surface area contributed by atoms with Crippen molar-refractivity contribution in [2.45, 2.75) is 0 Å². The number of aromatic nitrogens is 2. The van der Waals surface area contributed by atoms with E-state index in [0.29, 0.717) is 16.6 Å². The molecule has 0 unspecified atom stereocenters. The average Bonchev–Trinajstić information content (AvgIpc) is 2.53. The summed E-state index contributed by atoms with van der Waals surface area (Å²) in [7, 11) is 0. The van der Waals surface area contributed by atoms with Crippen LogP contribution in [0.25, 0.3) is 11.3 Å². The zero-order valence-electron chi connectivity index (χ0n) is 6.57. The number of hydrogen-bond donors (Lipinski definition) is 1. The van der Waals surface area contributed by atoms with E-state index in [0.717, 1.165) is 5.56 Å². The molecule has 0 spiro atoms. The molecule has 2 aromatic rings. The van der Waals surface area contributed by atoms with Crippen molar-refractivity contribution in [2.24, 2.45) is 0 Å². The highest BCUT2D eigenvalue weighted by Gasteiger charge is 2.07. The number of anilines is 1. The third-order valence-electron chi connectivity index (χ3n) is 1.59. The molecule has 0 saturated heterocycles. The van der Waals surface area contributed by atoms with E-state index >= 15 is 0 Å². The van der Waals surface area contributed by atoms with Crippen LogP contribution in [-0.2, 0) is 0 Å². The van der Waals surface area contributed by atoms with E-state index in [1.807, 2.05) is 0 Å². The Bertz CT molecular complexity index is 410. The fourth-order valence-corrected chi connectivity index (χ4v) is 1.09. The molecule has 0 amide bonds. The van der Waals surface area contributed by atoms with Gasteiger partial charge in [-0.1, -0.05) is 16.8 Å². The van der Waals surface area contributed by atoms with Crippen LogP contribution in [0.1, 0.15) is 0 Å². The minimum absolute atomic E-state index is 0.432. The van der Waals surface area contributed by atoms with Gasteiger partial charge in [0.05, 0.1) is 6.20 Å². The zero-order chi connectivity index (χ0) is 9.26. The Morgan fingerprint density at radius 2 is 2.15 bits per heavy atom. The monoisotopic (exact) mass is 195 g/mol. The van der Waals surface area contributed by atoms with Crippen LogP contribution in [-0.4, -0.2) is 10.1 Å². The first-order chi connectivity index (χ1) is 6.27. The fraction of sp³-hybridized carbons (Fsp3) is 0. The first-order valence-corrected chi connectivity index (χ1v) is 3.97. The van der Waals surface area contributed by atoms with Crippen LogP contribution >= 0.6 is 11.6 Å². The summed E-state index contributed by atoms with van der Waals surface area (Å²) >= 11 is 5.62. The molecular formula is C8H6ClN3O. The number of nitrogens with two attached hydrogens (primary N) is 1. The highest BCUT2D eigenvalue weighted by molar-refractivity contribution is 6.29. The lowest BCUT2D eigenvalue weighted by Gasteiger charge is -1.95. The molecule has 4 nitrogen and oxygen atoms in total. The number of hydrogen-bond acceptors (Lipinski definition) is 4. The summed E-state index contributed by atoms with van der Waals surface area (Å²) in [4.78, 5) is 3.90. The van der Waals surface area contributed by atoms with Crippen LogP contribution < -0.4 is 5.73 Å². The minimum Gasteiger partial charge on any atom is -0.394 e. The molecule has 0 fully saturated rings. The van der Waals surface area contributed by atoms with Crippen LogP contribution in [0.5, 0.6) is 0 Å². The molecule has 13 heavy (non-hydrogen) atoms. The smallest absolute Gasteiger partial charge is 0.191 e. The van der Waals surface area contributed by atoms with Crippen LogP contribution in [0.3, 0.4) is 0 Å². The molecule has 0 aliphatic carbocycles. The molecule has 2 N–H and O–H groups in total. The average molecular weight is 196 g/mol.